The van der Waals surface area contributed by atoms with Crippen molar-refractivity contribution < 1.29 is 5.11 Å². The molecule has 0 unspecified atom stereocenters. The number of benzene rings is 3. The molecule has 0 saturated carbocycles. The van der Waals surface area contributed by atoms with Crippen molar-refractivity contribution in [3.8, 4) is 11.1 Å². The van der Waals surface area contributed by atoms with Gasteiger partial charge in [-0.1, -0.05) is 84.9 Å². The second-order valence-corrected chi connectivity index (χ2v) is 6.32. The van der Waals surface area contributed by atoms with Gasteiger partial charge in [0.2, 0.25) is 0 Å². The first-order chi connectivity index (χ1) is 12.3. The number of aliphatic hydroxyl groups is 1. The minimum atomic E-state index is 0.110. The first-order valence-corrected chi connectivity index (χ1v) is 8.77. The highest BCUT2D eigenvalue weighted by Crippen LogP contribution is 2.25. The summed E-state index contributed by atoms with van der Waals surface area (Å²) in [5.41, 5.74) is 7.21. The summed E-state index contributed by atoms with van der Waals surface area (Å²) in [5, 5.41) is 9.81. The molecule has 126 valence electrons. The minimum Gasteiger partial charge on any atom is -0.392 e. The molecule has 0 heterocycles. The van der Waals surface area contributed by atoms with Gasteiger partial charge in [-0.3, -0.25) is 0 Å². The quantitative estimate of drug-likeness (QED) is 0.610. The molecule has 0 aliphatic rings. The van der Waals surface area contributed by atoms with E-state index >= 15 is 0 Å². The summed E-state index contributed by atoms with van der Waals surface area (Å²) >= 11 is 0. The van der Waals surface area contributed by atoms with E-state index in [0.29, 0.717) is 0 Å². The number of rotatable bonds is 6. The maximum atomic E-state index is 9.81. The Hall–Kier alpha value is -2.64. The second kappa shape index (κ2) is 8.46. The predicted octanol–water partition coefficient (Wildman–Crippen LogP) is 5.75. The average Bonchev–Trinajstić information content (AvgIpc) is 2.70. The minimum absolute atomic E-state index is 0.110. The van der Waals surface area contributed by atoms with Crippen molar-refractivity contribution in [2.24, 2.45) is 0 Å². The fraction of sp³-hybridized carbons (Fsp3) is 0.167. The van der Waals surface area contributed by atoms with Gasteiger partial charge in [0.1, 0.15) is 0 Å². The molecular formula is C24H24O. The second-order valence-electron chi connectivity index (χ2n) is 6.32. The molecule has 0 aliphatic heterocycles. The van der Waals surface area contributed by atoms with E-state index in [1.807, 2.05) is 12.1 Å². The molecular weight excluding hydrogens is 304 g/mol. The fourth-order valence-corrected chi connectivity index (χ4v) is 3.07. The zero-order chi connectivity index (χ0) is 17.5. The SMILES string of the molecule is C/C(=C(/CO)CCc1ccccc1)c1ccc(-c2ccccc2)cc1. The Labute approximate surface area is 150 Å². The lowest BCUT2D eigenvalue weighted by molar-refractivity contribution is 0.327. The lowest BCUT2D eigenvalue weighted by Crippen LogP contribution is -1.98. The van der Waals surface area contributed by atoms with E-state index in [2.05, 4.69) is 79.7 Å². The van der Waals surface area contributed by atoms with E-state index in [0.717, 1.165) is 18.4 Å². The van der Waals surface area contributed by atoms with Crippen LogP contribution in [-0.4, -0.2) is 11.7 Å². The van der Waals surface area contributed by atoms with Gasteiger partial charge in [-0.15, -0.1) is 0 Å². The van der Waals surface area contributed by atoms with Crippen LogP contribution in [0.3, 0.4) is 0 Å². The van der Waals surface area contributed by atoms with Crippen LogP contribution in [0, 0.1) is 0 Å². The molecule has 0 saturated heterocycles. The van der Waals surface area contributed by atoms with E-state index in [-0.39, 0.29) is 6.61 Å². The van der Waals surface area contributed by atoms with Gasteiger partial charge < -0.3 is 5.11 Å². The summed E-state index contributed by atoms with van der Waals surface area (Å²) < 4.78 is 0. The molecule has 3 aromatic rings. The standard InChI is InChI=1S/C24H24O/c1-19(24(18-25)13-12-20-8-4-2-5-9-20)21-14-16-23(17-15-21)22-10-6-3-7-11-22/h2-11,14-17,25H,12-13,18H2,1H3/b24-19-. The lowest BCUT2D eigenvalue weighted by Gasteiger charge is -2.12. The molecule has 0 amide bonds. The fourth-order valence-electron chi connectivity index (χ4n) is 3.07. The largest absolute Gasteiger partial charge is 0.392 e. The van der Waals surface area contributed by atoms with Gasteiger partial charge in [0.15, 0.2) is 0 Å². The van der Waals surface area contributed by atoms with Crippen molar-refractivity contribution in [2.75, 3.05) is 6.61 Å². The summed E-state index contributed by atoms with van der Waals surface area (Å²) in [4.78, 5) is 0. The molecule has 0 bridgehead atoms. The molecule has 0 aliphatic carbocycles. The maximum Gasteiger partial charge on any atom is 0.0647 e. The zero-order valence-corrected chi connectivity index (χ0v) is 14.7. The monoisotopic (exact) mass is 328 g/mol. The normalized spacial score (nSPS) is 11.9. The molecule has 3 aromatic carbocycles. The van der Waals surface area contributed by atoms with Crippen molar-refractivity contribution in [1.29, 1.82) is 0 Å². The van der Waals surface area contributed by atoms with Crippen molar-refractivity contribution in [3.05, 3.63) is 102 Å². The summed E-state index contributed by atoms with van der Waals surface area (Å²) in [5.74, 6) is 0. The van der Waals surface area contributed by atoms with E-state index < -0.39 is 0 Å². The van der Waals surface area contributed by atoms with E-state index in [1.54, 1.807) is 0 Å². The van der Waals surface area contributed by atoms with Crippen molar-refractivity contribution in [2.45, 2.75) is 19.8 Å². The van der Waals surface area contributed by atoms with Crippen LogP contribution in [-0.2, 0) is 6.42 Å². The predicted molar refractivity (Wildman–Crippen MR) is 106 cm³/mol. The Morgan fingerprint density at radius 2 is 1.28 bits per heavy atom. The van der Waals surface area contributed by atoms with Crippen LogP contribution in [0.4, 0.5) is 0 Å². The molecule has 1 N–H and O–H groups in total. The smallest absolute Gasteiger partial charge is 0.0647 e. The van der Waals surface area contributed by atoms with Gasteiger partial charge in [0, 0.05) is 0 Å². The highest BCUT2D eigenvalue weighted by Gasteiger charge is 2.06. The molecule has 0 aromatic heterocycles. The number of hydrogen-bond acceptors (Lipinski definition) is 1. The van der Waals surface area contributed by atoms with Gasteiger partial charge in [0.05, 0.1) is 6.61 Å². The van der Waals surface area contributed by atoms with Gasteiger partial charge in [0.25, 0.3) is 0 Å². The van der Waals surface area contributed by atoms with Crippen LogP contribution < -0.4 is 0 Å². The number of aliphatic hydroxyl groups excluding tert-OH is 1. The topological polar surface area (TPSA) is 20.2 Å². The first-order valence-electron chi connectivity index (χ1n) is 8.77. The summed E-state index contributed by atoms with van der Waals surface area (Å²) in [6, 6.07) is 29.4. The zero-order valence-electron chi connectivity index (χ0n) is 14.7. The summed E-state index contributed by atoms with van der Waals surface area (Å²) in [6.07, 6.45) is 1.84. The molecule has 25 heavy (non-hydrogen) atoms. The van der Waals surface area contributed by atoms with E-state index in [4.69, 9.17) is 0 Å². The number of allylic oxidation sites excluding steroid dienone is 1. The lowest BCUT2D eigenvalue weighted by atomic mass is 9.95. The highest BCUT2D eigenvalue weighted by atomic mass is 16.3. The van der Waals surface area contributed by atoms with Crippen LogP contribution in [0.25, 0.3) is 16.7 Å². The van der Waals surface area contributed by atoms with Crippen LogP contribution in [0.1, 0.15) is 24.5 Å². The van der Waals surface area contributed by atoms with Crippen LogP contribution in [0.2, 0.25) is 0 Å². The first kappa shape index (κ1) is 17.2. The third kappa shape index (κ3) is 4.46. The average molecular weight is 328 g/mol. The highest BCUT2D eigenvalue weighted by molar-refractivity contribution is 5.71. The molecule has 1 nitrogen and oxygen atoms in total. The Morgan fingerprint density at radius 1 is 0.720 bits per heavy atom. The van der Waals surface area contributed by atoms with Crippen LogP contribution in [0.15, 0.2) is 90.5 Å². The maximum absolute atomic E-state index is 9.81. The number of aryl methyl sites for hydroxylation is 1. The Kier molecular flexibility index (Phi) is 5.81. The number of hydrogen-bond donors (Lipinski definition) is 1. The van der Waals surface area contributed by atoms with Crippen LogP contribution >= 0.6 is 0 Å². The van der Waals surface area contributed by atoms with Crippen molar-refractivity contribution >= 4 is 5.57 Å². The van der Waals surface area contributed by atoms with Gasteiger partial charge >= 0.3 is 0 Å². The third-order valence-electron chi connectivity index (χ3n) is 4.70. The molecule has 0 spiro atoms. The van der Waals surface area contributed by atoms with Gasteiger partial charge in [-0.2, -0.15) is 0 Å². The molecule has 0 atom stereocenters. The van der Waals surface area contributed by atoms with E-state index in [1.165, 1.54) is 27.8 Å². The van der Waals surface area contributed by atoms with Crippen molar-refractivity contribution in [3.63, 3.8) is 0 Å². The van der Waals surface area contributed by atoms with E-state index in [9.17, 15) is 5.11 Å². The van der Waals surface area contributed by atoms with Gasteiger partial charge in [-0.25, -0.2) is 0 Å². The van der Waals surface area contributed by atoms with Crippen molar-refractivity contribution in [1.82, 2.24) is 0 Å². The van der Waals surface area contributed by atoms with Gasteiger partial charge in [-0.05, 0) is 53.2 Å². The van der Waals surface area contributed by atoms with Crippen LogP contribution in [0.5, 0.6) is 0 Å². The summed E-state index contributed by atoms with van der Waals surface area (Å²) in [6.45, 7) is 2.22. The molecule has 0 fully saturated rings. The Balaban J connectivity index is 1.77. The molecule has 3 rings (SSSR count). The molecule has 1 heteroatoms. The Morgan fingerprint density at radius 3 is 1.88 bits per heavy atom. The third-order valence-corrected chi connectivity index (χ3v) is 4.70. The molecule has 0 radical (unpaired) electrons. The Bertz CT molecular complexity index is 815. The summed E-state index contributed by atoms with van der Waals surface area (Å²) in [7, 11) is 0.